The summed E-state index contributed by atoms with van der Waals surface area (Å²) in [5.74, 6) is -0.864. The van der Waals surface area contributed by atoms with Crippen molar-refractivity contribution in [2.45, 2.75) is 6.54 Å². The van der Waals surface area contributed by atoms with Gasteiger partial charge in [0.25, 0.3) is 17.7 Å². The van der Waals surface area contributed by atoms with E-state index in [2.05, 4.69) is 10.3 Å². The van der Waals surface area contributed by atoms with Crippen LogP contribution in [0.25, 0.3) is 0 Å². The molecule has 0 atom stereocenters. The Hall–Kier alpha value is -4.00. The van der Waals surface area contributed by atoms with Gasteiger partial charge in [-0.3, -0.25) is 19.4 Å². The molecule has 0 saturated heterocycles. The first-order chi connectivity index (χ1) is 14.1. The van der Waals surface area contributed by atoms with Gasteiger partial charge in [-0.25, -0.2) is 4.90 Å². The minimum absolute atomic E-state index is 0.190. The third-order valence-electron chi connectivity index (χ3n) is 4.65. The van der Waals surface area contributed by atoms with Gasteiger partial charge in [0.2, 0.25) is 0 Å². The Kier molecular flexibility index (Phi) is 4.78. The van der Waals surface area contributed by atoms with Crippen LogP contribution < -0.4 is 15.0 Å². The summed E-state index contributed by atoms with van der Waals surface area (Å²) in [5, 5.41) is 2.78. The molecule has 29 heavy (non-hydrogen) atoms. The zero-order valence-corrected chi connectivity index (χ0v) is 15.6. The lowest BCUT2D eigenvalue weighted by Gasteiger charge is -2.16. The fourth-order valence-electron chi connectivity index (χ4n) is 3.20. The number of carbonyl (C=O) groups excluding carboxylic acids is 3. The lowest BCUT2D eigenvalue weighted by atomic mass is 10.1. The Bertz CT molecular complexity index is 1110. The lowest BCUT2D eigenvalue weighted by Crippen LogP contribution is -2.29. The highest BCUT2D eigenvalue weighted by molar-refractivity contribution is 6.35. The molecular formula is C22H17N3O4. The number of pyridine rings is 1. The number of ether oxygens (including phenoxy) is 1. The van der Waals surface area contributed by atoms with Crippen LogP contribution in [0.2, 0.25) is 0 Å². The second-order valence-electron chi connectivity index (χ2n) is 6.42. The molecule has 4 rings (SSSR count). The van der Waals surface area contributed by atoms with Gasteiger partial charge in [-0.1, -0.05) is 18.2 Å². The molecule has 1 aromatic heterocycles. The molecule has 7 nitrogen and oxygen atoms in total. The van der Waals surface area contributed by atoms with E-state index in [0.29, 0.717) is 23.5 Å². The Morgan fingerprint density at radius 2 is 1.83 bits per heavy atom. The first kappa shape index (κ1) is 18.4. The number of aromatic nitrogens is 1. The summed E-state index contributed by atoms with van der Waals surface area (Å²) < 4.78 is 5.27. The minimum Gasteiger partial charge on any atom is -0.495 e. The largest absolute Gasteiger partial charge is 0.495 e. The highest BCUT2D eigenvalue weighted by Gasteiger charge is 2.38. The molecule has 1 N–H and O–H groups in total. The number of para-hydroxylation sites is 2. The maximum Gasteiger partial charge on any atom is 0.266 e. The SMILES string of the molecule is COc1ccccc1N1C(=O)c2ccc(C(=O)NCc3cccnc3)cc2C1=O. The third-order valence-corrected chi connectivity index (χ3v) is 4.65. The normalized spacial score (nSPS) is 12.7. The number of anilines is 1. The number of fused-ring (bicyclic) bond motifs is 1. The van der Waals surface area contributed by atoms with E-state index in [0.717, 1.165) is 10.5 Å². The van der Waals surface area contributed by atoms with Gasteiger partial charge in [0.1, 0.15) is 5.75 Å². The number of hydrogen-bond acceptors (Lipinski definition) is 5. The number of nitrogens with zero attached hydrogens (tertiary/aromatic N) is 2. The van der Waals surface area contributed by atoms with Crippen molar-refractivity contribution in [1.82, 2.24) is 10.3 Å². The fraction of sp³-hybridized carbons (Fsp3) is 0.0909. The quantitative estimate of drug-likeness (QED) is 0.680. The topological polar surface area (TPSA) is 88.6 Å². The molecule has 2 aromatic carbocycles. The highest BCUT2D eigenvalue weighted by Crippen LogP contribution is 2.34. The first-order valence-corrected chi connectivity index (χ1v) is 8.93. The van der Waals surface area contributed by atoms with Gasteiger partial charge in [0.05, 0.1) is 23.9 Å². The molecule has 2 heterocycles. The van der Waals surface area contributed by atoms with Crippen molar-refractivity contribution < 1.29 is 19.1 Å². The predicted molar refractivity (Wildman–Crippen MR) is 106 cm³/mol. The van der Waals surface area contributed by atoms with Crippen molar-refractivity contribution >= 4 is 23.4 Å². The molecule has 7 heteroatoms. The number of benzene rings is 2. The number of imide groups is 1. The van der Waals surface area contributed by atoms with Gasteiger partial charge in [-0.05, 0) is 42.0 Å². The van der Waals surface area contributed by atoms with Crippen LogP contribution in [-0.4, -0.2) is 29.8 Å². The predicted octanol–water partition coefficient (Wildman–Crippen LogP) is 2.82. The summed E-state index contributed by atoms with van der Waals surface area (Å²) in [7, 11) is 1.47. The van der Waals surface area contributed by atoms with Crippen LogP contribution >= 0.6 is 0 Å². The molecule has 0 unspecified atom stereocenters. The van der Waals surface area contributed by atoms with Crippen molar-refractivity contribution in [2.24, 2.45) is 0 Å². The number of nitrogens with one attached hydrogen (secondary N) is 1. The average molecular weight is 387 g/mol. The molecule has 0 saturated carbocycles. The van der Waals surface area contributed by atoms with E-state index in [1.807, 2.05) is 6.07 Å². The van der Waals surface area contributed by atoms with Crippen LogP contribution in [-0.2, 0) is 6.54 Å². The molecule has 1 aliphatic heterocycles. The number of hydrogen-bond donors (Lipinski definition) is 1. The second-order valence-corrected chi connectivity index (χ2v) is 6.42. The molecule has 0 radical (unpaired) electrons. The number of rotatable bonds is 5. The molecule has 0 spiro atoms. The Morgan fingerprint density at radius 3 is 2.59 bits per heavy atom. The zero-order chi connectivity index (χ0) is 20.4. The van der Waals surface area contributed by atoms with Crippen molar-refractivity contribution in [2.75, 3.05) is 12.0 Å². The Balaban J connectivity index is 1.59. The Labute approximate surface area is 166 Å². The monoisotopic (exact) mass is 387 g/mol. The van der Waals surface area contributed by atoms with Crippen LogP contribution in [0.3, 0.4) is 0 Å². The van der Waals surface area contributed by atoms with E-state index < -0.39 is 11.8 Å². The summed E-state index contributed by atoms with van der Waals surface area (Å²) in [5.41, 5.74) is 1.97. The van der Waals surface area contributed by atoms with Crippen LogP contribution in [0.1, 0.15) is 36.6 Å². The van der Waals surface area contributed by atoms with Crippen molar-refractivity contribution in [3.8, 4) is 5.75 Å². The molecule has 0 fully saturated rings. The maximum absolute atomic E-state index is 12.9. The summed E-state index contributed by atoms with van der Waals surface area (Å²) in [6.45, 7) is 0.309. The maximum atomic E-state index is 12.9. The standard InChI is InChI=1S/C22H17N3O4/c1-29-19-7-3-2-6-18(19)25-21(27)16-9-8-15(11-17(16)22(25)28)20(26)24-13-14-5-4-10-23-12-14/h2-12H,13H2,1H3,(H,24,26). The van der Waals surface area contributed by atoms with E-state index >= 15 is 0 Å². The second kappa shape index (κ2) is 7.55. The molecule has 3 amide bonds. The molecule has 0 bridgehead atoms. The number of amides is 3. The molecular weight excluding hydrogens is 370 g/mol. The molecule has 3 aromatic rings. The van der Waals surface area contributed by atoms with Gasteiger partial charge in [-0.15, -0.1) is 0 Å². The van der Waals surface area contributed by atoms with Gasteiger partial charge in [-0.2, -0.15) is 0 Å². The molecule has 144 valence electrons. The number of carbonyl (C=O) groups is 3. The molecule has 0 aliphatic carbocycles. The van der Waals surface area contributed by atoms with E-state index in [1.54, 1.807) is 42.7 Å². The van der Waals surface area contributed by atoms with Crippen molar-refractivity contribution in [3.05, 3.63) is 89.2 Å². The van der Waals surface area contributed by atoms with Gasteiger partial charge < -0.3 is 10.1 Å². The highest BCUT2D eigenvalue weighted by atomic mass is 16.5. The lowest BCUT2D eigenvalue weighted by molar-refractivity contribution is 0.0922. The fourth-order valence-corrected chi connectivity index (χ4v) is 3.20. The van der Waals surface area contributed by atoms with Crippen LogP contribution in [0.15, 0.2) is 67.0 Å². The van der Waals surface area contributed by atoms with E-state index in [4.69, 9.17) is 4.74 Å². The summed E-state index contributed by atoms with van der Waals surface area (Å²) in [6.07, 6.45) is 3.32. The molecule has 1 aliphatic rings. The van der Waals surface area contributed by atoms with Gasteiger partial charge in [0.15, 0.2) is 0 Å². The van der Waals surface area contributed by atoms with E-state index in [9.17, 15) is 14.4 Å². The van der Waals surface area contributed by atoms with Gasteiger partial charge >= 0.3 is 0 Å². The zero-order valence-electron chi connectivity index (χ0n) is 15.6. The Morgan fingerprint density at radius 1 is 1.03 bits per heavy atom. The van der Waals surface area contributed by atoms with Crippen LogP contribution in [0, 0.1) is 0 Å². The van der Waals surface area contributed by atoms with Crippen molar-refractivity contribution in [3.63, 3.8) is 0 Å². The van der Waals surface area contributed by atoms with E-state index in [1.165, 1.54) is 25.3 Å². The average Bonchev–Trinajstić information content (AvgIpc) is 3.02. The third kappa shape index (κ3) is 3.34. The minimum atomic E-state index is -0.489. The first-order valence-electron chi connectivity index (χ1n) is 8.93. The van der Waals surface area contributed by atoms with Crippen LogP contribution in [0.4, 0.5) is 5.69 Å². The number of methoxy groups -OCH3 is 1. The summed E-state index contributed by atoms with van der Waals surface area (Å²) in [4.78, 5) is 43.3. The van der Waals surface area contributed by atoms with Crippen molar-refractivity contribution in [1.29, 1.82) is 0 Å². The summed E-state index contributed by atoms with van der Waals surface area (Å²) in [6, 6.07) is 14.9. The summed E-state index contributed by atoms with van der Waals surface area (Å²) >= 11 is 0. The smallest absolute Gasteiger partial charge is 0.266 e. The van der Waals surface area contributed by atoms with Gasteiger partial charge in [0, 0.05) is 24.5 Å². The van der Waals surface area contributed by atoms with E-state index in [-0.39, 0.29) is 17.0 Å². The van der Waals surface area contributed by atoms with Crippen LogP contribution in [0.5, 0.6) is 5.75 Å².